The molecule has 0 radical (unpaired) electrons. The van der Waals surface area contributed by atoms with Crippen LogP contribution in [0.3, 0.4) is 0 Å². The third-order valence-corrected chi connectivity index (χ3v) is 3.51. The van der Waals surface area contributed by atoms with Crippen LogP contribution in [0.15, 0.2) is 36.5 Å². The van der Waals surface area contributed by atoms with Crippen LogP contribution < -0.4 is 10.6 Å². The van der Waals surface area contributed by atoms with Gasteiger partial charge in [-0.2, -0.15) is 0 Å². The molecule has 1 saturated heterocycles. The normalized spacial score (nSPS) is 18.6. The number of hydrogen-bond donors (Lipinski definition) is 2. The number of nitrogens with zero attached hydrogens (tertiary/aromatic N) is 1. The summed E-state index contributed by atoms with van der Waals surface area (Å²) >= 11 is 0. The van der Waals surface area contributed by atoms with Crippen LogP contribution in [-0.4, -0.2) is 24.0 Å². The molecule has 1 aliphatic heterocycles. The van der Waals surface area contributed by atoms with Crippen LogP contribution in [0.2, 0.25) is 0 Å². The summed E-state index contributed by atoms with van der Waals surface area (Å²) in [6, 6.07) is 9.86. The third-order valence-electron chi connectivity index (χ3n) is 3.51. The molecule has 2 N–H and O–H groups in total. The van der Waals surface area contributed by atoms with Crippen LogP contribution in [0, 0.1) is 5.92 Å². The lowest BCUT2D eigenvalue weighted by molar-refractivity contribution is -0.116. The molecule has 2 heterocycles. The number of carbonyl (C=O) groups excluding carboxylic acids is 1. The Kier molecular flexibility index (Phi) is 3.42. The summed E-state index contributed by atoms with van der Waals surface area (Å²) in [5.74, 6) is 0.541. The number of nitrogens with one attached hydrogen (secondary N) is 2. The van der Waals surface area contributed by atoms with Crippen molar-refractivity contribution in [1.29, 1.82) is 0 Å². The molecule has 1 aromatic heterocycles. The van der Waals surface area contributed by atoms with Gasteiger partial charge in [-0.15, -0.1) is 0 Å². The Morgan fingerprint density at radius 2 is 2.32 bits per heavy atom. The molecule has 0 aliphatic carbocycles. The number of carbonyl (C=O) groups is 1. The maximum Gasteiger partial charge on any atom is 0.224 e. The number of anilines is 1. The van der Waals surface area contributed by atoms with Crippen LogP contribution in [0.5, 0.6) is 0 Å². The summed E-state index contributed by atoms with van der Waals surface area (Å²) in [6.07, 6.45) is 3.39. The highest BCUT2D eigenvalue weighted by Gasteiger charge is 2.18. The van der Waals surface area contributed by atoms with E-state index in [9.17, 15) is 4.79 Å². The highest BCUT2D eigenvalue weighted by atomic mass is 16.1. The van der Waals surface area contributed by atoms with E-state index in [0.717, 1.165) is 36.1 Å². The number of benzene rings is 1. The number of rotatable bonds is 3. The van der Waals surface area contributed by atoms with E-state index >= 15 is 0 Å². The molecular weight excluding hydrogens is 238 g/mol. The van der Waals surface area contributed by atoms with Gasteiger partial charge < -0.3 is 10.6 Å². The summed E-state index contributed by atoms with van der Waals surface area (Å²) in [6.45, 7) is 1.97. The van der Waals surface area contributed by atoms with Gasteiger partial charge in [0.25, 0.3) is 0 Å². The average molecular weight is 255 g/mol. The van der Waals surface area contributed by atoms with Gasteiger partial charge in [-0.1, -0.05) is 18.2 Å². The van der Waals surface area contributed by atoms with Crippen LogP contribution in [0.25, 0.3) is 10.9 Å². The molecule has 1 aromatic carbocycles. The Morgan fingerprint density at radius 1 is 1.42 bits per heavy atom. The highest BCUT2D eigenvalue weighted by molar-refractivity contribution is 5.93. The molecule has 1 amide bonds. The van der Waals surface area contributed by atoms with E-state index in [1.54, 1.807) is 6.20 Å². The van der Waals surface area contributed by atoms with Crippen LogP contribution >= 0.6 is 0 Å². The molecule has 0 saturated carbocycles. The van der Waals surface area contributed by atoms with Crippen molar-refractivity contribution in [3.63, 3.8) is 0 Å². The molecule has 2 aromatic rings. The van der Waals surface area contributed by atoms with E-state index in [2.05, 4.69) is 15.6 Å². The standard InChI is InChI=1S/C15H17N3O/c19-15(7-11-5-6-16-9-11)18-13-8-12-3-1-2-4-14(12)17-10-13/h1-4,8,10-11,16H,5-7,9H2,(H,18,19). The zero-order chi connectivity index (χ0) is 13.1. The van der Waals surface area contributed by atoms with Gasteiger partial charge in [0.2, 0.25) is 5.91 Å². The molecule has 1 atom stereocenters. The number of fused-ring (bicyclic) bond motifs is 1. The first kappa shape index (κ1) is 12.1. The maximum atomic E-state index is 11.9. The van der Waals surface area contributed by atoms with Gasteiger partial charge in [0.05, 0.1) is 17.4 Å². The quantitative estimate of drug-likeness (QED) is 0.883. The monoisotopic (exact) mass is 255 g/mol. The number of amides is 1. The smallest absolute Gasteiger partial charge is 0.224 e. The molecule has 3 rings (SSSR count). The molecule has 19 heavy (non-hydrogen) atoms. The van der Waals surface area contributed by atoms with E-state index in [4.69, 9.17) is 0 Å². The zero-order valence-corrected chi connectivity index (χ0v) is 10.7. The second kappa shape index (κ2) is 5.36. The Hall–Kier alpha value is -1.94. The van der Waals surface area contributed by atoms with E-state index < -0.39 is 0 Å². The van der Waals surface area contributed by atoms with Crippen LogP contribution in [-0.2, 0) is 4.79 Å². The van der Waals surface area contributed by atoms with Gasteiger partial charge in [0.15, 0.2) is 0 Å². The van der Waals surface area contributed by atoms with Crippen molar-refractivity contribution in [1.82, 2.24) is 10.3 Å². The number of pyridine rings is 1. The van der Waals surface area contributed by atoms with E-state index in [1.165, 1.54) is 0 Å². The molecule has 1 fully saturated rings. The molecule has 4 nitrogen and oxygen atoms in total. The fourth-order valence-corrected chi connectivity index (χ4v) is 2.50. The summed E-state index contributed by atoms with van der Waals surface area (Å²) in [5, 5.41) is 7.25. The molecular formula is C15H17N3O. The number of hydrogen-bond acceptors (Lipinski definition) is 3. The van der Waals surface area contributed by atoms with Crippen LogP contribution in [0.4, 0.5) is 5.69 Å². The Morgan fingerprint density at radius 3 is 3.16 bits per heavy atom. The van der Waals surface area contributed by atoms with Crippen molar-refractivity contribution in [2.75, 3.05) is 18.4 Å². The second-order valence-corrected chi connectivity index (χ2v) is 5.03. The first-order valence-electron chi connectivity index (χ1n) is 6.66. The van der Waals surface area contributed by atoms with Gasteiger partial charge in [-0.3, -0.25) is 9.78 Å². The summed E-state index contributed by atoms with van der Waals surface area (Å²) in [7, 11) is 0. The minimum atomic E-state index is 0.0748. The summed E-state index contributed by atoms with van der Waals surface area (Å²) in [5.41, 5.74) is 1.72. The van der Waals surface area contributed by atoms with Crippen molar-refractivity contribution >= 4 is 22.5 Å². The van der Waals surface area contributed by atoms with Crippen LogP contribution in [0.1, 0.15) is 12.8 Å². The molecule has 1 unspecified atom stereocenters. The van der Waals surface area contributed by atoms with E-state index in [1.807, 2.05) is 30.3 Å². The number of para-hydroxylation sites is 1. The highest BCUT2D eigenvalue weighted by Crippen LogP contribution is 2.17. The largest absolute Gasteiger partial charge is 0.325 e. The molecule has 4 heteroatoms. The second-order valence-electron chi connectivity index (χ2n) is 5.03. The molecule has 98 valence electrons. The van der Waals surface area contributed by atoms with Gasteiger partial charge in [0, 0.05) is 11.8 Å². The third kappa shape index (κ3) is 2.90. The minimum Gasteiger partial charge on any atom is -0.325 e. The topological polar surface area (TPSA) is 54.0 Å². The average Bonchev–Trinajstić information content (AvgIpc) is 2.91. The lowest BCUT2D eigenvalue weighted by Crippen LogP contribution is -2.18. The van der Waals surface area contributed by atoms with Gasteiger partial charge >= 0.3 is 0 Å². The lowest BCUT2D eigenvalue weighted by atomic mass is 10.0. The van der Waals surface area contributed by atoms with Crippen molar-refractivity contribution in [2.45, 2.75) is 12.8 Å². The zero-order valence-electron chi connectivity index (χ0n) is 10.7. The SMILES string of the molecule is O=C(CC1CCNC1)Nc1cnc2ccccc2c1. The van der Waals surface area contributed by atoms with E-state index in [0.29, 0.717) is 12.3 Å². The predicted molar refractivity (Wildman–Crippen MR) is 76.0 cm³/mol. The van der Waals surface area contributed by atoms with Crippen molar-refractivity contribution < 1.29 is 4.79 Å². The lowest BCUT2D eigenvalue weighted by Gasteiger charge is -2.09. The van der Waals surface area contributed by atoms with Gasteiger partial charge in [-0.25, -0.2) is 0 Å². The van der Waals surface area contributed by atoms with Crippen molar-refractivity contribution in [2.24, 2.45) is 5.92 Å². The molecule has 1 aliphatic rings. The maximum absolute atomic E-state index is 11.9. The van der Waals surface area contributed by atoms with Gasteiger partial charge in [0.1, 0.15) is 0 Å². The Labute approximate surface area is 112 Å². The summed E-state index contributed by atoms with van der Waals surface area (Å²) < 4.78 is 0. The first-order valence-corrected chi connectivity index (χ1v) is 6.66. The minimum absolute atomic E-state index is 0.0748. The Balaban J connectivity index is 1.68. The predicted octanol–water partition coefficient (Wildman–Crippen LogP) is 2.17. The fraction of sp³-hybridized carbons (Fsp3) is 0.333. The van der Waals surface area contributed by atoms with E-state index in [-0.39, 0.29) is 5.91 Å². The Bertz CT molecular complexity index is 591. The molecule has 0 bridgehead atoms. The molecule has 0 spiro atoms. The van der Waals surface area contributed by atoms with Crippen molar-refractivity contribution in [3.8, 4) is 0 Å². The van der Waals surface area contributed by atoms with Gasteiger partial charge in [-0.05, 0) is 37.6 Å². The summed E-state index contributed by atoms with van der Waals surface area (Å²) in [4.78, 5) is 16.3. The number of aromatic nitrogens is 1. The van der Waals surface area contributed by atoms with Crippen molar-refractivity contribution in [3.05, 3.63) is 36.5 Å². The first-order chi connectivity index (χ1) is 9.31. The fourth-order valence-electron chi connectivity index (χ4n) is 2.50.